The van der Waals surface area contributed by atoms with Crippen LogP contribution >= 0.6 is 0 Å². The molecule has 1 aromatic rings. The Bertz CT molecular complexity index is 713. The van der Waals surface area contributed by atoms with Crippen molar-refractivity contribution < 1.29 is 14.6 Å². The van der Waals surface area contributed by atoms with E-state index in [-0.39, 0.29) is 12.0 Å². The molecule has 0 aromatic heterocycles. The number of carbonyl (C=O) groups excluding carboxylic acids is 1. The molecule has 3 saturated heterocycles. The first kappa shape index (κ1) is 19.3. The number of hydrogen-bond acceptors (Lipinski definition) is 5. The highest BCUT2D eigenvalue weighted by Crippen LogP contribution is 2.39. The highest BCUT2D eigenvalue weighted by atomic mass is 16.5. The summed E-state index contributed by atoms with van der Waals surface area (Å²) in [7, 11) is 0. The summed E-state index contributed by atoms with van der Waals surface area (Å²) in [5, 5.41) is 10.7. The van der Waals surface area contributed by atoms with Crippen LogP contribution in [0.2, 0.25) is 0 Å². The molecule has 0 bridgehead atoms. The number of aliphatic hydroxyl groups excluding tert-OH is 1. The van der Waals surface area contributed by atoms with Gasteiger partial charge in [-0.3, -0.25) is 9.69 Å². The predicted octanol–water partition coefficient (Wildman–Crippen LogP) is 1.83. The van der Waals surface area contributed by atoms with Crippen LogP contribution in [0.4, 0.5) is 5.69 Å². The van der Waals surface area contributed by atoms with E-state index in [2.05, 4.69) is 21.9 Å². The molecular formula is C23H33N3O3. The number of aliphatic hydroxyl groups is 1. The maximum Gasteiger partial charge on any atom is 0.253 e. The van der Waals surface area contributed by atoms with E-state index >= 15 is 0 Å². The zero-order chi connectivity index (χ0) is 19.8. The maximum absolute atomic E-state index is 13.1. The number of fused-ring (bicyclic) bond motifs is 1. The molecule has 1 N–H and O–H groups in total. The van der Waals surface area contributed by atoms with Gasteiger partial charge in [0.15, 0.2) is 0 Å². The quantitative estimate of drug-likeness (QED) is 0.841. The van der Waals surface area contributed by atoms with E-state index < -0.39 is 0 Å². The van der Waals surface area contributed by atoms with E-state index in [0.29, 0.717) is 17.9 Å². The van der Waals surface area contributed by atoms with Crippen molar-refractivity contribution in [3.63, 3.8) is 0 Å². The van der Waals surface area contributed by atoms with Gasteiger partial charge >= 0.3 is 0 Å². The summed E-state index contributed by atoms with van der Waals surface area (Å²) in [4.78, 5) is 19.9. The van der Waals surface area contributed by atoms with E-state index in [0.717, 1.165) is 76.6 Å². The summed E-state index contributed by atoms with van der Waals surface area (Å²) in [6, 6.07) is 8.36. The fourth-order valence-electron chi connectivity index (χ4n) is 5.86. The van der Waals surface area contributed by atoms with Crippen LogP contribution in [0.5, 0.6) is 0 Å². The number of likely N-dealkylation sites (tertiary alicyclic amines) is 2. The molecule has 1 saturated carbocycles. The Morgan fingerprint density at radius 2 is 1.59 bits per heavy atom. The molecule has 4 atom stereocenters. The van der Waals surface area contributed by atoms with E-state index in [9.17, 15) is 9.90 Å². The van der Waals surface area contributed by atoms with Crippen molar-refractivity contribution in [3.05, 3.63) is 29.8 Å². The van der Waals surface area contributed by atoms with Gasteiger partial charge in [-0.05, 0) is 74.9 Å². The number of morpholine rings is 1. The number of nitrogens with zero attached hydrogens (tertiary/aromatic N) is 3. The molecule has 1 aromatic carbocycles. The topological polar surface area (TPSA) is 56.2 Å². The van der Waals surface area contributed by atoms with Crippen molar-refractivity contribution >= 4 is 11.6 Å². The van der Waals surface area contributed by atoms with Gasteiger partial charge in [0.05, 0.1) is 19.3 Å². The molecular weight excluding hydrogens is 366 g/mol. The summed E-state index contributed by atoms with van der Waals surface area (Å²) < 4.78 is 5.42. The zero-order valence-corrected chi connectivity index (χ0v) is 17.2. The first-order valence-electron chi connectivity index (χ1n) is 11.3. The molecule has 6 nitrogen and oxygen atoms in total. The van der Waals surface area contributed by atoms with Crippen LogP contribution in [0.3, 0.4) is 0 Å². The lowest BCUT2D eigenvalue weighted by molar-refractivity contribution is -0.000864. The summed E-state index contributed by atoms with van der Waals surface area (Å²) in [6.07, 6.45) is 4.14. The molecule has 6 heteroatoms. The Labute approximate surface area is 173 Å². The van der Waals surface area contributed by atoms with Gasteiger partial charge in [0, 0.05) is 43.5 Å². The second kappa shape index (κ2) is 8.25. The maximum atomic E-state index is 13.1. The average Bonchev–Trinajstić information content (AvgIpc) is 3.43. The smallest absolute Gasteiger partial charge is 0.253 e. The van der Waals surface area contributed by atoms with Crippen molar-refractivity contribution in [1.29, 1.82) is 0 Å². The summed E-state index contributed by atoms with van der Waals surface area (Å²) in [6.45, 7) is 7.22. The Kier molecular flexibility index (Phi) is 5.50. The lowest BCUT2D eigenvalue weighted by Gasteiger charge is -2.40. The molecule has 1 amide bonds. The fraction of sp³-hybridized carbons (Fsp3) is 0.696. The molecule has 0 radical (unpaired) electrons. The Morgan fingerprint density at radius 1 is 0.931 bits per heavy atom. The third-order valence-corrected chi connectivity index (χ3v) is 7.50. The van der Waals surface area contributed by atoms with Crippen LogP contribution in [0.1, 0.15) is 36.0 Å². The predicted molar refractivity (Wildman–Crippen MR) is 112 cm³/mol. The second-order valence-corrected chi connectivity index (χ2v) is 9.23. The minimum absolute atomic E-state index is 0.139. The van der Waals surface area contributed by atoms with Crippen molar-refractivity contribution in [1.82, 2.24) is 9.80 Å². The highest BCUT2D eigenvalue weighted by molar-refractivity contribution is 5.94. The lowest BCUT2D eigenvalue weighted by atomic mass is 9.77. The minimum Gasteiger partial charge on any atom is -0.391 e. The largest absolute Gasteiger partial charge is 0.391 e. The summed E-state index contributed by atoms with van der Waals surface area (Å²) in [5.74, 6) is 1.11. The molecule has 0 unspecified atom stereocenters. The molecule has 4 fully saturated rings. The van der Waals surface area contributed by atoms with Crippen molar-refractivity contribution in [2.75, 3.05) is 57.4 Å². The second-order valence-electron chi connectivity index (χ2n) is 9.23. The van der Waals surface area contributed by atoms with E-state index in [4.69, 9.17) is 4.74 Å². The number of anilines is 1. The van der Waals surface area contributed by atoms with E-state index in [1.165, 1.54) is 12.8 Å². The van der Waals surface area contributed by atoms with Gasteiger partial charge in [0.2, 0.25) is 0 Å². The van der Waals surface area contributed by atoms with Gasteiger partial charge < -0.3 is 19.6 Å². The molecule has 4 aliphatic rings. The standard InChI is InChI=1S/C23H33N3O3/c27-22-14-19-16-26(15-18(19)13-21(22)25-7-1-2-8-25)23(28)17-3-5-20(6-4-17)24-9-11-29-12-10-24/h3-6,18-19,21-22,27H,1-2,7-16H2/t18-,19+,21-,22-/m1/s1. The fourth-order valence-corrected chi connectivity index (χ4v) is 5.86. The molecule has 3 aliphatic heterocycles. The minimum atomic E-state index is -0.239. The molecule has 29 heavy (non-hydrogen) atoms. The average molecular weight is 400 g/mol. The third kappa shape index (κ3) is 3.90. The SMILES string of the molecule is O=C(c1ccc(N2CCOCC2)cc1)N1C[C@H]2C[C@@H](N3CCCC3)[C@H](O)C[C@H]2C1. The Balaban J connectivity index is 1.22. The highest BCUT2D eigenvalue weighted by Gasteiger charge is 2.44. The van der Waals surface area contributed by atoms with Crippen LogP contribution < -0.4 is 4.90 Å². The van der Waals surface area contributed by atoms with E-state index in [1.807, 2.05) is 17.0 Å². The van der Waals surface area contributed by atoms with Crippen LogP contribution in [0.15, 0.2) is 24.3 Å². The number of rotatable bonds is 3. The Hall–Kier alpha value is -1.63. The molecule has 3 heterocycles. The number of carbonyl (C=O) groups is 1. The molecule has 0 spiro atoms. The van der Waals surface area contributed by atoms with Crippen molar-refractivity contribution in [2.45, 2.75) is 37.8 Å². The molecule has 5 rings (SSSR count). The van der Waals surface area contributed by atoms with Crippen LogP contribution in [0.25, 0.3) is 0 Å². The van der Waals surface area contributed by atoms with Gasteiger partial charge in [-0.1, -0.05) is 0 Å². The zero-order valence-electron chi connectivity index (χ0n) is 17.2. The van der Waals surface area contributed by atoms with Crippen LogP contribution in [-0.4, -0.2) is 85.4 Å². The Morgan fingerprint density at radius 3 is 2.28 bits per heavy atom. The first-order chi connectivity index (χ1) is 14.2. The van der Waals surface area contributed by atoms with Crippen LogP contribution in [-0.2, 0) is 4.74 Å². The van der Waals surface area contributed by atoms with Crippen molar-refractivity contribution in [3.8, 4) is 0 Å². The normalized spacial score (nSPS) is 33.1. The molecule has 1 aliphatic carbocycles. The van der Waals surface area contributed by atoms with Crippen LogP contribution in [0, 0.1) is 11.8 Å². The number of ether oxygens (including phenoxy) is 1. The third-order valence-electron chi connectivity index (χ3n) is 7.50. The summed E-state index contributed by atoms with van der Waals surface area (Å²) in [5.41, 5.74) is 1.94. The molecule has 158 valence electrons. The van der Waals surface area contributed by atoms with E-state index in [1.54, 1.807) is 0 Å². The number of benzene rings is 1. The van der Waals surface area contributed by atoms with Crippen molar-refractivity contribution in [2.24, 2.45) is 11.8 Å². The number of amides is 1. The van der Waals surface area contributed by atoms with Gasteiger partial charge in [-0.25, -0.2) is 0 Å². The van der Waals surface area contributed by atoms with Gasteiger partial charge in [-0.15, -0.1) is 0 Å². The lowest BCUT2D eigenvalue weighted by Crippen LogP contribution is -2.48. The summed E-state index contributed by atoms with van der Waals surface area (Å²) >= 11 is 0. The number of hydrogen-bond donors (Lipinski definition) is 1. The van der Waals surface area contributed by atoms with Gasteiger partial charge in [0.25, 0.3) is 5.91 Å². The monoisotopic (exact) mass is 399 g/mol. The first-order valence-corrected chi connectivity index (χ1v) is 11.3. The van der Waals surface area contributed by atoms with Gasteiger partial charge in [0.1, 0.15) is 0 Å². The van der Waals surface area contributed by atoms with Gasteiger partial charge in [-0.2, -0.15) is 0 Å².